The van der Waals surface area contributed by atoms with Crippen molar-refractivity contribution in [2.75, 3.05) is 24.1 Å². The third-order valence-electron chi connectivity index (χ3n) is 6.40. The van der Waals surface area contributed by atoms with Crippen LogP contribution in [0, 0.1) is 0 Å². The number of rotatable bonds is 7. The Morgan fingerprint density at radius 2 is 2.14 bits per heavy atom. The van der Waals surface area contributed by atoms with Crippen molar-refractivity contribution in [3.05, 3.63) is 42.0 Å². The molecule has 4 heterocycles. The molecule has 1 aromatic carbocycles. The van der Waals surface area contributed by atoms with Crippen LogP contribution in [-0.4, -0.2) is 89.2 Å². The summed E-state index contributed by atoms with van der Waals surface area (Å²) in [6.07, 6.45) is -4.13. The Morgan fingerprint density at radius 1 is 1.33 bits per heavy atom. The number of nitrogen functional groups attached to an aromatic ring is 1. The SMILES string of the molecule is CCN(CC(O)Nc1cccc2c1CNC2=O)C(=O)C1OC(n2cnc3c(N)ncnc32)C(O)C1O. The van der Waals surface area contributed by atoms with Gasteiger partial charge >= 0.3 is 0 Å². The normalized spacial score (nSPS) is 23.9. The van der Waals surface area contributed by atoms with E-state index in [0.29, 0.717) is 23.3 Å². The largest absolute Gasteiger partial charge is 0.387 e. The first-order chi connectivity index (χ1) is 17.3. The Hall–Kier alpha value is -3.85. The summed E-state index contributed by atoms with van der Waals surface area (Å²) in [5, 5.41) is 37.6. The predicted octanol–water partition coefficient (Wildman–Crippen LogP) is -1.45. The van der Waals surface area contributed by atoms with Crippen molar-refractivity contribution in [3.8, 4) is 0 Å². The van der Waals surface area contributed by atoms with Gasteiger partial charge in [0.05, 0.1) is 12.9 Å². The molecule has 5 atom stereocenters. The van der Waals surface area contributed by atoms with E-state index in [9.17, 15) is 24.9 Å². The van der Waals surface area contributed by atoms with Crippen LogP contribution in [0.25, 0.3) is 11.2 Å². The molecular formula is C22H26N8O6. The zero-order valence-electron chi connectivity index (χ0n) is 19.3. The number of imidazole rings is 1. The van der Waals surface area contributed by atoms with Gasteiger partial charge in [0, 0.05) is 29.9 Å². The highest BCUT2D eigenvalue weighted by molar-refractivity contribution is 6.00. The Kier molecular flexibility index (Phi) is 6.17. The van der Waals surface area contributed by atoms with Crippen molar-refractivity contribution < 1.29 is 29.6 Å². The molecule has 0 spiro atoms. The minimum atomic E-state index is -1.53. The lowest BCUT2D eigenvalue weighted by Crippen LogP contribution is -2.48. The highest BCUT2D eigenvalue weighted by Gasteiger charge is 2.49. The van der Waals surface area contributed by atoms with Crippen LogP contribution in [0.3, 0.4) is 0 Å². The number of carbonyl (C=O) groups excluding carboxylic acids is 2. The van der Waals surface area contributed by atoms with E-state index < -0.39 is 36.7 Å². The van der Waals surface area contributed by atoms with E-state index in [1.54, 1.807) is 25.1 Å². The highest BCUT2D eigenvalue weighted by atomic mass is 16.6. The lowest BCUT2D eigenvalue weighted by atomic mass is 10.1. The van der Waals surface area contributed by atoms with Gasteiger partial charge in [0.1, 0.15) is 30.3 Å². The Morgan fingerprint density at radius 3 is 2.92 bits per heavy atom. The summed E-state index contributed by atoms with van der Waals surface area (Å²) in [6.45, 7) is 2.12. The molecule has 0 bridgehead atoms. The zero-order valence-corrected chi connectivity index (χ0v) is 19.3. The summed E-state index contributed by atoms with van der Waals surface area (Å²) < 4.78 is 7.16. The number of ether oxygens (including phenoxy) is 1. The van der Waals surface area contributed by atoms with Crippen molar-refractivity contribution in [1.82, 2.24) is 29.7 Å². The number of hydrogen-bond acceptors (Lipinski definition) is 11. The van der Waals surface area contributed by atoms with E-state index >= 15 is 0 Å². The standard InChI is InChI=1S/C22H26N8O6/c1-2-29(7-13(31)28-12-5-3-4-10-11(12)6-24-20(10)34)21(35)17-15(32)16(33)22(36-17)30-9-27-14-18(23)25-8-26-19(14)30/h3-5,8-9,13,15-17,22,28,31-33H,2,6-7H2,1H3,(H,24,34)(H2,23,25,26). The van der Waals surface area contributed by atoms with Crippen LogP contribution < -0.4 is 16.4 Å². The molecule has 0 radical (unpaired) electrons. The van der Waals surface area contributed by atoms with Gasteiger partial charge in [-0.2, -0.15) is 0 Å². The summed E-state index contributed by atoms with van der Waals surface area (Å²) in [6, 6.07) is 5.13. The molecular weight excluding hydrogens is 472 g/mol. The number of amides is 2. The number of aromatic nitrogens is 4. The fourth-order valence-corrected chi connectivity index (χ4v) is 4.53. The Labute approximate surface area is 204 Å². The number of fused-ring (bicyclic) bond motifs is 2. The van der Waals surface area contributed by atoms with Gasteiger partial charge in [0.15, 0.2) is 23.8 Å². The van der Waals surface area contributed by atoms with E-state index in [-0.39, 0.29) is 30.5 Å². The van der Waals surface area contributed by atoms with Crippen LogP contribution in [0.5, 0.6) is 0 Å². The summed E-state index contributed by atoms with van der Waals surface area (Å²) in [4.78, 5) is 38.6. The molecule has 2 aromatic heterocycles. The van der Waals surface area contributed by atoms with Gasteiger partial charge in [-0.25, -0.2) is 15.0 Å². The van der Waals surface area contributed by atoms with Crippen LogP contribution in [0.2, 0.25) is 0 Å². The number of anilines is 2. The fourth-order valence-electron chi connectivity index (χ4n) is 4.53. The first kappa shape index (κ1) is 23.9. The quantitative estimate of drug-likeness (QED) is 0.208. The molecule has 36 heavy (non-hydrogen) atoms. The second-order valence-corrected chi connectivity index (χ2v) is 8.56. The monoisotopic (exact) mass is 498 g/mol. The molecule has 14 nitrogen and oxygen atoms in total. The Balaban J connectivity index is 1.29. The van der Waals surface area contributed by atoms with Crippen molar-refractivity contribution in [2.45, 2.75) is 44.2 Å². The molecule has 5 rings (SSSR count). The molecule has 2 aliphatic rings. The number of aliphatic hydroxyl groups excluding tert-OH is 3. The first-order valence-electron chi connectivity index (χ1n) is 11.4. The summed E-state index contributed by atoms with van der Waals surface area (Å²) in [5.41, 5.74) is 8.22. The summed E-state index contributed by atoms with van der Waals surface area (Å²) in [7, 11) is 0. The van der Waals surface area contributed by atoms with Crippen molar-refractivity contribution in [2.24, 2.45) is 0 Å². The van der Waals surface area contributed by atoms with Gasteiger partial charge in [-0.1, -0.05) is 6.07 Å². The highest BCUT2D eigenvalue weighted by Crippen LogP contribution is 2.33. The first-order valence-corrected chi connectivity index (χ1v) is 11.4. The molecule has 1 saturated heterocycles. The van der Waals surface area contributed by atoms with Gasteiger partial charge in [0.25, 0.3) is 11.8 Å². The number of nitrogens with zero attached hydrogens (tertiary/aromatic N) is 5. The minimum absolute atomic E-state index is 0.133. The minimum Gasteiger partial charge on any atom is -0.387 e. The summed E-state index contributed by atoms with van der Waals surface area (Å²) >= 11 is 0. The Bertz CT molecular complexity index is 1310. The van der Waals surface area contributed by atoms with Crippen LogP contribution in [0.15, 0.2) is 30.9 Å². The number of benzene rings is 1. The molecule has 2 amide bonds. The van der Waals surface area contributed by atoms with Crippen LogP contribution in [0.4, 0.5) is 11.5 Å². The van der Waals surface area contributed by atoms with Gasteiger partial charge in [-0.3, -0.25) is 14.2 Å². The van der Waals surface area contributed by atoms with Crippen LogP contribution >= 0.6 is 0 Å². The number of nitrogens with one attached hydrogen (secondary N) is 2. The maximum Gasteiger partial charge on any atom is 0.254 e. The smallest absolute Gasteiger partial charge is 0.254 e. The van der Waals surface area contributed by atoms with E-state index in [1.807, 2.05) is 0 Å². The molecule has 3 aromatic rings. The zero-order chi connectivity index (χ0) is 25.6. The second kappa shape index (κ2) is 9.31. The van der Waals surface area contributed by atoms with Crippen molar-refractivity contribution >= 4 is 34.5 Å². The van der Waals surface area contributed by atoms with E-state index in [2.05, 4.69) is 25.6 Å². The lowest BCUT2D eigenvalue weighted by Gasteiger charge is -2.28. The van der Waals surface area contributed by atoms with Gasteiger partial charge < -0.3 is 41.3 Å². The average molecular weight is 499 g/mol. The van der Waals surface area contributed by atoms with E-state index in [0.717, 1.165) is 5.56 Å². The number of carbonyl (C=O) groups is 2. The lowest BCUT2D eigenvalue weighted by molar-refractivity contribution is -0.149. The fraction of sp³-hybridized carbons (Fsp3) is 0.409. The molecule has 5 unspecified atom stereocenters. The van der Waals surface area contributed by atoms with Crippen LogP contribution in [-0.2, 0) is 16.1 Å². The average Bonchev–Trinajstić information content (AvgIpc) is 3.55. The van der Waals surface area contributed by atoms with Crippen molar-refractivity contribution in [3.63, 3.8) is 0 Å². The van der Waals surface area contributed by atoms with Gasteiger partial charge in [-0.15, -0.1) is 0 Å². The molecule has 7 N–H and O–H groups in total. The number of nitrogens with two attached hydrogens (primary N) is 1. The molecule has 1 fully saturated rings. The van der Waals surface area contributed by atoms with Crippen LogP contribution in [0.1, 0.15) is 29.1 Å². The molecule has 0 saturated carbocycles. The third kappa shape index (κ3) is 3.99. The summed E-state index contributed by atoms with van der Waals surface area (Å²) in [5.74, 6) is -0.655. The molecule has 14 heteroatoms. The number of aliphatic hydroxyl groups is 3. The maximum absolute atomic E-state index is 13.2. The molecule has 0 aliphatic carbocycles. The second-order valence-electron chi connectivity index (χ2n) is 8.56. The number of likely N-dealkylation sites (N-methyl/N-ethyl adjacent to an activating group) is 1. The predicted molar refractivity (Wildman–Crippen MR) is 125 cm³/mol. The number of hydrogen-bond donors (Lipinski definition) is 6. The van der Waals surface area contributed by atoms with Crippen molar-refractivity contribution in [1.29, 1.82) is 0 Å². The maximum atomic E-state index is 13.2. The van der Waals surface area contributed by atoms with E-state index in [1.165, 1.54) is 22.1 Å². The molecule has 2 aliphatic heterocycles. The van der Waals surface area contributed by atoms with Gasteiger partial charge in [0.2, 0.25) is 0 Å². The molecule has 190 valence electrons. The van der Waals surface area contributed by atoms with Gasteiger partial charge in [-0.05, 0) is 19.1 Å². The third-order valence-corrected chi connectivity index (χ3v) is 6.40. The topological polar surface area (TPSA) is 201 Å². The van der Waals surface area contributed by atoms with E-state index in [4.69, 9.17) is 10.5 Å².